The quantitative estimate of drug-likeness (QED) is 0.677. The highest BCUT2D eigenvalue weighted by Crippen LogP contribution is 2.28. The average molecular weight is 393 g/mol. The number of aryl methyl sites for hydroxylation is 1. The number of aliphatic imine (C=N–C) groups is 2. The molecule has 146 valence electrons. The van der Waals surface area contributed by atoms with Crippen LogP contribution in [0.5, 0.6) is 0 Å². The van der Waals surface area contributed by atoms with E-state index in [1.54, 1.807) is 6.08 Å². The van der Waals surface area contributed by atoms with Crippen LogP contribution in [-0.4, -0.2) is 22.8 Å². The van der Waals surface area contributed by atoms with E-state index in [1.807, 2.05) is 96.8 Å². The Morgan fingerprint density at radius 2 is 1.67 bits per heavy atom. The normalized spacial score (nSPS) is 18.0. The number of hydrazine groups is 1. The Morgan fingerprint density at radius 1 is 0.933 bits per heavy atom. The van der Waals surface area contributed by atoms with E-state index in [0.29, 0.717) is 17.6 Å². The van der Waals surface area contributed by atoms with Gasteiger partial charge in [0.1, 0.15) is 5.70 Å². The second-order valence-electron chi connectivity index (χ2n) is 7.05. The van der Waals surface area contributed by atoms with Crippen LogP contribution < -0.4 is 10.3 Å². The summed E-state index contributed by atoms with van der Waals surface area (Å²) in [5, 5.41) is 1.44. The highest BCUT2D eigenvalue weighted by Gasteiger charge is 2.43. The Hall–Kier alpha value is -4.19. The molecule has 1 fully saturated rings. The summed E-state index contributed by atoms with van der Waals surface area (Å²) in [4.78, 5) is 24.2. The fraction of sp³-hybridized carbons (Fsp3) is 0.0417. The highest BCUT2D eigenvalue weighted by atomic mass is 16.2. The SMILES string of the molecule is Cc1cccc(N=C2NN3C(=O)/C(=C/c4ccccc4)N=C3N2c2ccccc2)c1. The minimum Gasteiger partial charge on any atom is -0.265 e. The Bertz CT molecular complexity index is 1200. The highest BCUT2D eigenvalue weighted by molar-refractivity contribution is 6.30. The fourth-order valence-electron chi connectivity index (χ4n) is 3.42. The van der Waals surface area contributed by atoms with Crippen molar-refractivity contribution in [2.24, 2.45) is 9.98 Å². The van der Waals surface area contributed by atoms with E-state index in [-0.39, 0.29) is 5.91 Å². The van der Waals surface area contributed by atoms with Crippen molar-refractivity contribution in [3.05, 3.63) is 102 Å². The van der Waals surface area contributed by atoms with Crippen LogP contribution in [0.2, 0.25) is 0 Å². The molecule has 2 aliphatic heterocycles. The monoisotopic (exact) mass is 393 g/mol. The lowest BCUT2D eigenvalue weighted by Gasteiger charge is -2.16. The Kier molecular flexibility index (Phi) is 4.37. The lowest BCUT2D eigenvalue weighted by atomic mass is 10.2. The van der Waals surface area contributed by atoms with Gasteiger partial charge in [-0.1, -0.05) is 60.7 Å². The van der Waals surface area contributed by atoms with Crippen LogP contribution in [0.3, 0.4) is 0 Å². The van der Waals surface area contributed by atoms with Gasteiger partial charge < -0.3 is 0 Å². The van der Waals surface area contributed by atoms with E-state index in [2.05, 4.69) is 10.4 Å². The topological polar surface area (TPSA) is 60.3 Å². The summed E-state index contributed by atoms with van der Waals surface area (Å²) in [5.41, 5.74) is 7.20. The van der Waals surface area contributed by atoms with Crippen molar-refractivity contribution in [3.63, 3.8) is 0 Å². The van der Waals surface area contributed by atoms with Crippen molar-refractivity contribution in [2.75, 3.05) is 4.90 Å². The number of benzene rings is 3. The van der Waals surface area contributed by atoms with E-state index in [0.717, 1.165) is 22.5 Å². The largest absolute Gasteiger partial charge is 0.298 e. The molecule has 0 bridgehead atoms. The second-order valence-corrected chi connectivity index (χ2v) is 7.05. The first-order chi connectivity index (χ1) is 14.7. The first kappa shape index (κ1) is 17.9. The number of carbonyl (C=O) groups excluding carboxylic acids is 1. The maximum absolute atomic E-state index is 13.0. The molecule has 1 saturated heterocycles. The van der Waals surface area contributed by atoms with Gasteiger partial charge in [0, 0.05) is 0 Å². The number of rotatable bonds is 3. The molecule has 2 heterocycles. The number of nitrogens with one attached hydrogen (secondary N) is 1. The Balaban J connectivity index is 1.59. The molecule has 0 radical (unpaired) electrons. The second kappa shape index (κ2) is 7.33. The zero-order valence-electron chi connectivity index (χ0n) is 16.4. The third kappa shape index (κ3) is 3.24. The Morgan fingerprint density at radius 3 is 2.40 bits per heavy atom. The number of anilines is 1. The van der Waals surface area contributed by atoms with E-state index in [9.17, 15) is 4.79 Å². The summed E-state index contributed by atoms with van der Waals surface area (Å²) in [7, 11) is 0. The first-order valence-corrected chi connectivity index (χ1v) is 9.66. The van der Waals surface area contributed by atoms with Gasteiger partial charge in [-0.3, -0.25) is 10.2 Å². The predicted octanol–water partition coefficient (Wildman–Crippen LogP) is 4.25. The lowest BCUT2D eigenvalue weighted by Crippen LogP contribution is -2.38. The molecule has 5 rings (SSSR count). The summed E-state index contributed by atoms with van der Waals surface area (Å²) >= 11 is 0. The third-order valence-corrected chi connectivity index (χ3v) is 4.82. The van der Waals surface area contributed by atoms with Crippen LogP contribution in [0.1, 0.15) is 11.1 Å². The van der Waals surface area contributed by atoms with E-state index >= 15 is 0 Å². The van der Waals surface area contributed by atoms with Crippen LogP contribution in [0.4, 0.5) is 11.4 Å². The van der Waals surface area contributed by atoms with E-state index in [4.69, 9.17) is 4.99 Å². The first-order valence-electron chi connectivity index (χ1n) is 9.66. The van der Waals surface area contributed by atoms with Gasteiger partial charge >= 0.3 is 0 Å². The Labute approximate surface area is 174 Å². The van der Waals surface area contributed by atoms with Crippen molar-refractivity contribution in [1.82, 2.24) is 10.4 Å². The molecule has 0 spiro atoms. The maximum Gasteiger partial charge on any atom is 0.298 e. The maximum atomic E-state index is 13.0. The summed E-state index contributed by atoms with van der Waals surface area (Å²) in [6.45, 7) is 2.02. The van der Waals surface area contributed by atoms with Crippen molar-refractivity contribution < 1.29 is 4.79 Å². The summed E-state index contributed by atoms with van der Waals surface area (Å²) in [6.07, 6.45) is 1.79. The van der Waals surface area contributed by atoms with Crippen molar-refractivity contribution in [2.45, 2.75) is 6.92 Å². The van der Waals surface area contributed by atoms with Crippen LogP contribution in [0, 0.1) is 6.92 Å². The molecule has 30 heavy (non-hydrogen) atoms. The molecule has 0 atom stereocenters. The predicted molar refractivity (Wildman–Crippen MR) is 119 cm³/mol. The smallest absolute Gasteiger partial charge is 0.265 e. The number of carbonyl (C=O) groups is 1. The van der Waals surface area contributed by atoms with Crippen LogP contribution >= 0.6 is 0 Å². The van der Waals surface area contributed by atoms with Crippen molar-refractivity contribution in [3.8, 4) is 0 Å². The minimum absolute atomic E-state index is 0.218. The molecule has 0 saturated carbocycles. The number of guanidine groups is 2. The number of hydrogen-bond acceptors (Lipinski definition) is 3. The zero-order valence-corrected chi connectivity index (χ0v) is 16.4. The zero-order chi connectivity index (χ0) is 20.5. The molecule has 3 aromatic rings. The van der Waals surface area contributed by atoms with Gasteiger partial charge in [0.15, 0.2) is 0 Å². The molecular formula is C24H19N5O. The van der Waals surface area contributed by atoms with Crippen LogP contribution in [0.15, 0.2) is 101 Å². The number of fused-ring (bicyclic) bond motifs is 1. The number of nitrogens with zero attached hydrogens (tertiary/aromatic N) is 4. The molecule has 1 N–H and O–H groups in total. The molecule has 6 nitrogen and oxygen atoms in total. The standard InChI is InChI=1S/C24H19N5O/c1-17-9-8-12-19(15-17)25-23-27-29-22(30)21(16-18-10-4-2-5-11-18)26-24(29)28(23)20-13-6-3-7-14-20/h2-16H,1H3,(H,25,27)/b21-16-. The number of amides is 1. The summed E-state index contributed by atoms with van der Waals surface area (Å²) in [6, 6.07) is 27.3. The average Bonchev–Trinajstić information content (AvgIpc) is 3.25. The third-order valence-electron chi connectivity index (χ3n) is 4.82. The molecule has 0 unspecified atom stereocenters. The van der Waals surface area contributed by atoms with Crippen LogP contribution in [-0.2, 0) is 4.79 Å². The molecule has 6 heteroatoms. The van der Waals surface area contributed by atoms with Gasteiger partial charge in [0.05, 0.1) is 11.4 Å². The van der Waals surface area contributed by atoms with Gasteiger partial charge in [0.25, 0.3) is 5.91 Å². The molecule has 2 aliphatic rings. The number of para-hydroxylation sites is 1. The summed E-state index contributed by atoms with van der Waals surface area (Å²) in [5.74, 6) is 0.793. The molecular weight excluding hydrogens is 374 g/mol. The number of hydrogen-bond donors (Lipinski definition) is 1. The van der Waals surface area contributed by atoms with Crippen LogP contribution in [0.25, 0.3) is 6.08 Å². The lowest BCUT2D eigenvalue weighted by molar-refractivity contribution is -0.123. The summed E-state index contributed by atoms with van der Waals surface area (Å²) < 4.78 is 0. The van der Waals surface area contributed by atoms with Gasteiger partial charge in [-0.2, -0.15) is 5.01 Å². The fourth-order valence-corrected chi connectivity index (χ4v) is 3.42. The molecule has 0 aliphatic carbocycles. The van der Waals surface area contributed by atoms with Crippen molar-refractivity contribution in [1.29, 1.82) is 0 Å². The van der Waals surface area contributed by atoms with E-state index in [1.165, 1.54) is 5.01 Å². The molecule has 3 aromatic carbocycles. The van der Waals surface area contributed by atoms with Gasteiger partial charge in [0.2, 0.25) is 11.9 Å². The van der Waals surface area contributed by atoms with Gasteiger partial charge in [-0.25, -0.2) is 14.9 Å². The molecule has 0 aromatic heterocycles. The van der Waals surface area contributed by atoms with Gasteiger partial charge in [-0.15, -0.1) is 0 Å². The van der Waals surface area contributed by atoms with Gasteiger partial charge in [-0.05, 0) is 48.4 Å². The van der Waals surface area contributed by atoms with E-state index < -0.39 is 0 Å². The molecule has 1 amide bonds. The minimum atomic E-state index is -0.218. The van der Waals surface area contributed by atoms with Crippen molar-refractivity contribution >= 4 is 35.3 Å².